The van der Waals surface area contributed by atoms with E-state index in [0.717, 1.165) is 14.3 Å². The molecule has 38 heavy (non-hydrogen) atoms. The third-order valence-electron chi connectivity index (χ3n) is 5.66. The van der Waals surface area contributed by atoms with Crippen molar-refractivity contribution in [2.45, 2.75) is 50.7 Å². The average molecular weight is 621 g/mol. The lowest BCUT2D eigenvalue weighted by Crippen LogP contribution is -2.54. The number of hydrogen-bond donors (Lipinski definition) is 1. The molecule has 0 unspecified atom stereocenters. The van der Waals surface area contributed by atoms with Crippen molar-refractivity contribution in [2.24, 2.45) is 0 Å². The van der Waals surface area contributed by atoms with E-state index in [0.29, 0.717) is 10.7 Å². The Bertz CT molecular complexity index is 1360. The molecule has 202 valence electrons. The van der Waals surface area contributed by atoms with Gasteiger partial charge in [-0.05, 0) is 81.8 Å². The van der Waals surface area contributed by atoms with Crippen LogP contribution in [-0.2, 0) is 26.2 Å². The first-order valence-corrected chi connectivity index (χ1v) is 14.6. The number of halogens is 2. The van der Waals surface area contributed by atoms with Crippen molar-refractivity contribution in [1.29, 1.82) is 0 Å². The molecule has 10 heteroatoms. The molecule has 2 amide bonds. The molecular weight excluding hydrogens is 590 g/mol. The lowest BCUT2D eigenvalue weighted by Gasteiger charge is -2.33. The van der Waals surface area contributed by atoms with Crippen molar-refractivity contribution in [2.75, 3.05) is 10.8 Å². The molecule has 0 heterocycles. The first-order valence-electron chi connectivity index (χ1n) is 12.0. The molecule has 0 aliphatic rings. The van der Waals surface area contributed by atoms with Crippen molar-refractivity contribution in [3.63, 3.8) is 0 Å². The van der Waals surface area contributed by atoms with Crippen LogP contribution in [0.1, 0.15) is 33.3 Å². The minimum Gasteiger partial charge on any atom is -0.350 e. The van der Waals surface area contributed by atoms with Crippen LogP contribution in [0.2, 0.25) is 5.02 Å². The van der Waals surface area contributed by atoms with Gasteiger partial charge >= 0.3 is 0 Å². The van der Waals surface area contributed by atoms with Crippen LogP contribution in [0, 0.1) is 0 Å². The second-order valence-corrected chi connectivity index (χ2v) is 13.1. The predicted molar refractivity (Wildman–Crippen MR) is 154 cm³/mol. The lowest BCUT2D eigenvalue weighted by atomic mass is 10.1. The number of carbonyl (C=O) groups excluding carboxylic acids is 2. The van der Waals surface area contributed by atoms with Gasteiger partial charge in [0.05, 0.1) is 10.6 Å². The fraction of sp³-hybridized carbons (Fsp3) is 0.286. The number of para-hydroxylation sites is 1. The molecule has 0 spiro atoms. The topological polar surface area (TPSA) is 86.8 Å². The van der Waals surface area contributed by atoms with E-state index in [4.69, 9.17) is 11.6 Å². The molecule has 7 nitrogen and oxygen atoms in total. The zero-order valence-corrected chi connectivity index (χ0v) is 24.8. The third kappa shape index (κ3) is 7.82. The zero-order chi connectivity index (χ0) is 28.1. The van der Waals surface area contributed by atoms with E-state index in [1.54, 1.807) is 37.3 Å². The molecule has 3 rings (SSSR count). The highest BCUT2D eigenvalue weighted by Gasteiger charge is 2.33. The van der Waals surface area contributed by atoms with Gasteiger partial charge in [-0.15, -0.1) is 0 Å². The number of nitrogens with zero attached hydrogens (tertiary/aromatic N) is 2. The standard InChI is InChI=1S/C28H31BrClN3O4S/c1-20(27(35)31-28(2,3)4)32(18-21-10-12-22(29)13-11-21)26(34)19-33(24-8-6-5-7-9-24)38(36,37)25-16-14-23(30)15-17-25/h5-17,20H,18-19H2,1-4H3,(H,31,35)/t20-/m1/s1. The van der Waals surface area contributed by atoms with E-state index in [-0.39, 0.29) is 17.3 Å². The molecule has 1 N–H and O–H groups in total. The zero-order valence-electron chi connectivity index (χ0n) is 21.7. The highest BCUT2D eigenvalue weighted by Crippen LogP contribution is 2.25. The summed E-state index contributed by atoms with van der Waals surface area (Å²) in [5.74, 6) is -0.861. The number of rotatable bonds is 9. The van der Waals surface area contributed by atoms with Crippen molar-refractivity contribution >= 4 is 55.1 Å². The van der Waals surface area contributed by atoms with Crippen LogP contribution in [0.3, 0.4) is 0 Å². The van der Waals surface area contributed by atoms with Gasteiger partial charge < -0.3 is 10.2 Å². The summed E-state index contributed by atoms with van der Waals surface area (Å²) in [5, 5.41) is 3.30. The molecule has 3 aromatic carbocycles. The highest BCUT2D eigenvalue weighted by molar-refractivity contribution is 9.10. The maximum Gasteiger partial charge on any atom is 0.264 e. The summed E-state index contributed by atoms with van der Waals surface area (Å²) in [5.41, 5.74) is 0.612. The van der Waals surface area contributed by atoms with Gasteiger partial charge in [-0.3, -0.25) is 13.9 Å². The van der Waals surface area contributed by atoms with Crippen LogP contribution in [0.4, 0.5) is 5.69 Å². The molecular formula is C28H31BrClN3O4S. The van der Waals surface area contributed by atoms with E-state index in [1.807, 2.05) is 45.0 Å². The summed E-state index contributed by atoms with van der Waals surface area (Å²) in [7, 11) is -4.13. The Morgan fingerprint density at radius 2 is 1.53 bits per heavy atom. The first-order chi connectivity index (χ1) is 17.8. The molecule has 0 saturated heterocycles. The van der Waals surface area contributed by atoms with Crippen molar-refractivity contribution in [3.05, 3.63) is 93.9 Å². The van der Waals surface area contributed by atoms with Crippen molar-refractivity contribution in [3.8, 4) is 0 Å². The lowest BCUT2D eigenvalue weighted by molar-refractivity contribution is -0.140. The van der Waals surface area contributed by atoms with E-state index in [2.05, 4.69) is 21.2 Å². The van der Waals surface area contributed by atoms with Gasteiger partial charge in [-0.25, -0.2) is 8.42 Å². The van der Waals surface area contributed by atoms with Crippen LogP contribution in [-0.4, -0.2) is 43.3 Å². The van der Waals surface area contributed by atoms with Crippen LogP contribution in [0.5, 0.6) is 0 Å². The van der Waals surface area contributed by atoms with Gasteiger partial charge in [0.2, 0.25) is 11.8 Å². The smallest absolute Gasteiger partial charge is 0.264 e. The highest BCUT2D eigenvalue weighted by atomic mass is 79.9. The fourth-order valence-electron chi connectivity index (χ4n) is 3.70. The molecule has 0 bridgehead atoms. The number of nitrogens with one attached hydrogen (secondary N) is 1. The number of sulfonamides is 1. The van der Waals surface area contributed by atoms with E-state index >= 15 is 0 Å². The second-order valence-electron chi connectivity index (χ2n) is 9.86. The summed E-state index contributed by atoms with van der Waals surface area (Å²) in [6.07, 6.45) is 0. The van der Waals surface area contributed by atoms with Crippen LogP contribution < -0.4 is 9.62 Å². The molecule has 0 saturated carbocycles. The summed E-state index contributed by atoms with van der Waals surface area (Å²) >= 11 is 9.38. The minimum absolute atomic E-state index is 0.00321. The molecule has 0 aliphatic carbocycles. The van der Waals surface area contributed by atoms with E-state index < -0.39 is 34.1 Å². The third-order valence-corrected chi connectivity index (χ3v) is 8.23. The Labute approximate surface area is 238 Å². The Kier molecular flexibility index (Phi) is 9.62. The minimum atomic E-state index is -4.13. The van der Waals surface area contributed by atoms with Gasteiger partial charge in [0.15, 0.2) is 0 Å². The van der Waals surface area contributed by atoms with Crippen LogP contribution in [0.15, 0.2) is 88.2 Å². The molecule has 0 fully saturated rings. The van der Waals surface area contributed by atoms with Gasteiger partial charge in [0.1, 0.15) is 12.6 Å². The maximum atomic E-state index is 13.9. The molecule has 0 aliphatic heterocycles. The summed E-state index contributed by atoms with van der Waals surface area (Å²) in [4.78, 5) is 28.3. The Morgan fingerprint density at radius 1 is 0.947 bits per heavy atom. The number of carbonyl (C=O) groups is 2. The maximum absolute atomic E-state index is 13.9. The number of benzene rings is 3. The van der Waals surface area contributed by atoms with E-state index in [9.17, 15) is 18.0 Å². The molecule has 0 radical (unpaired) electrons. The van der Waals surface area contributed by atoms with Crippen LogP contribution in [0.25, 0.3) is 0 Å². The summed E-state index contributed by atoms with van der Waals surface area (Å²) in [6, 6.07) is 20.7. The molecule has 1 atom stereocenters. The predicted octanol–water partition coefficient (Wildman–Crippen LogP) is 5.63. The average Bonchev–Trinajstić information content (AvgIpc) is 2.86. The number of anilines is 1. The van der Waals surface area contributed by atoms with Crippen molar-refractivity contribution in [1.82, 2.24) is 10.2 Å². The fourth-order valence-corrected chi connectivity index (χ4v) is 5.50. The van der Waals surface area contributed by atoms with Gasteiger partial charge in [-0.2, -0.15) is 0 Å². The van der Waals surface area contributed by atoms with Crippen LogP contribution >= 0.6 is 27.5 Å². The quantitative estimate of drug-likeness (QED) is 0.336. The summed E-state index contributed by atoms with van der Waals surface area (Å²) < 4.78 is 29.4. The van der Waals surface area contributed by atoms with Crippen molar-refractivity contribution < 1.29 is 18.0 Å². The largest absolute Gasteiger partial charge is 0.350 e. The molecule has 3 aromatic rings. The SMILES string of the molecule is C[C@H](C(=O)NC(C)(C)C)N(Cc1ccc(Br)cc1)C(=O)CN(c1ccccc1)S(=O)(=O)c1ccc(Cl)cc1. The molecule has 0 aromatic heterocycles. The number of amides is 2. The normalized spacial score (nSPS) is 12.5. The second kappa shape index (κ2) is 12.3. The number of hydrogen-bond acceptors (Lipinski definition) is 4. The summed E-state index contributed by atoms with van der Waals surface area (Å²) in [6.45, 7) is 6.82. The van der Waals surface area contributed by atoms with Gasteiger partial charge in [-0.1, -0.05) is 57.9 Å². The first kappa shape index (κ1) is 29.7. The Hall–Kier alpha value is -2.88. The van der Waals surface area contributed by atoms with Gasteiger partial charge in [0, 0.05) is 21.6 Å². The Balaban J connectivity index is 2.00. The monoisotopic (exact) mass is 619 g/mol. The van der Waals surface area contributed by atoms with Gasteiger partial charge in [0.25, 0.3) is 10.0 Å². The Morgan fingerprint density at radius 3 is 2.08 bits per heavy atom. The van der Waals surface area contributed by atoms with E-state index in [1.165, 1.54) is 29.2 Å².